The molecule has 1 unspecified atom stereocenters. The molecule has 2 amide bonds. The monoisotopic (exact) mass is 200 g/mol. The summed E-state index contributed by atoms with van der Waals surface area (Å²) in [6.07, 6.45) is 1.03. The van der Waals surface area contributed by atoms with Gasteiger partial charge in [-0.25, -0.2) is 4.79 Å². The first-order chi connectivity index (χ1) is 6.43. The molecule has 0 aliphatic rings. The van der Waals surface area contributed by atoms with Crippen LogP contribution in [0.25, 0.3) is 0 Å². The van der Waals surface area contributed by atoms with Gasteiger partial charge < -0.3 is 10.6 Å². The Hall–Kier alpha value is -0.730. The maximum Gasteiger partial charge on any atom is 0.315 e. The minimum atomic E-state index is -0.0492. The maximum atomic E-state index is 11.3. The molecule has 0 aromatic carbocycles. The van der Waals surface area contributed by atoms with Crippen molar-refractivity contribution in [3.63, 3.8) is 0 Å². The molecule has 0 rings (SSSR count). The Kier molecular flexibility index (Phi) is 6.34. The summed E-state index contributed by atoms with van der Waals surface area (Å²) in [6.45, 7) is 11.3. The molecule has 3 heteroatoms. The van der Waals surface area contributed by atoms with Crippen molar-refractivity contribution in [3.05, 3.63) is 0 Å². The molecule has 0 heterocycles. The van der Waals surface area contributed by atoms with Gasteiger partial charge in [-0.2, -0.15) is 0 Å². The van der Waals surface area contributed by atoms with Crippen LogP contribution in [0.2, 0.25) is 0 Å². The molecule has 3 nitrogen and oxygen atoms in total. The minimum Gasteiger partial charge on any atom is -0.338 e. The van der Waals surface area contributed by atoms with E-state index in [1.54, 1.807) is 0 Å². The van der Waals surface area contributed by atoms with Gasteiger partial charge in [0.25, 0.3) is 0 Å². The Morgan fingerprint density at radius 3 is 2.14 bits per heavy atom. The molecule has 2 N–H and O–H groups in total. The molecule has 0 bridgehead atoms. The second-order valence-electron chi connectivity index (χ2n) is 4.62. The van der Waals surface area contributed by atoms with Crippen molar-refractivity contribution in [3.8, 4) is 0 Å². The Balaban J connectivity index is 3.55. The Morgan fingerprint density at radius 2 is 1.71 bits per heavy atom. The second kappa shape index (κ2) is 6.68. The van der Waals surface area contributed by atoms with E-state index in [-0.39, 0.29) is 12.1 Å². The fourth-order valence-corrected chi connectivity index (χ4v) is 0.899. The lowest BCUT2D eigenvalue weighted by atomic mass is 10.1. The van der Waals surface area contributed by atoms with Gasteiger partial charge in [0.05, 0.1) is 0 Å². The standard InChI is InChI=1S/C11H24N2O/c1-8(2)6-7-12-11(14)13-10(5)9(3)4/h8-10H,6-7H2,1-5H3,(H2,12,13,14). The highest BCUT2D eigenvalue weighted by Gasteiger charge is 2.09. The summed E-state index contributed by atoms with van der Waals surface area (Å²) in [5.41, 5.74) is 0. The van der Waals surface area contributed by atoms with E-state index < -0.39 is 0 Å². The van der Waals surface area contributed by atoms with E-state index >= 15 is 0 Å². The van der Waals surface area contributed by atoms with Crippen LogP contribution in [0.5, 0.6) is 0 Å². The highest BCUT2D eigenvalue weighted by atomic mass is 16.2. The molecule has 0 saturated heterocycles. The summed E-state index contributed by atoms with van der Waals surface area (Å²) in [5.74, 6) is 1.11. The Morgan fingerprint density at radius 1 is 1.14 bits per heavy atom. The molecule has 0 fully saturated rings. The molecular weight excluding hydrogens is 176 g/mol. The van der Waals surface area contributed by atoms with E-state index in [0.29, 0.717) is 11.8 Å². The predicted octanol–water partition coefficient (Wildman–Crippen LogP) is 2.38. The van der Waals surface area contributed by atoms with E-state index in [0.717, 1.165) is 13.0 Å². The van der Waals surface area contributed by atoms with Crippen LogP contribution in [0.3, 0.4) is 0 Å². The number of rotatable bonds is 5. The largest absolute Gasteiger partial charge is 0.338 e. The molecule has 0 saturated carbocycles. The lowest BCUT2D eigenvalue weighted by molar-refractivity contribution is 0.234. The number of carbonyl (C=O) groups is 1. The van der Waals surface area contributed by atoms with Crippen molar-refractivity contribution in [1.82, 2.24) is 10.6 Å². The summed E-state index contributed by atoms with van der Waals surface area (Å²) in [4.78, 5) is 11.3. The van der Waals surface area contributed by atoms with Crippen LogP contribution in [-0.2, 0) is 0 Å². The van der Waals surface area contributed by atoms with Gasteiger partial charge in [0, 0.05) is 12.6 Å². The highest BCUT2D eigenvalue weighted by Crippen LogP contribution is 1.99. The molecule has 0 aromatic rings. The zero-order valence-electron chi connectivity index (χ0n) is 10.1. The van der Waals surface area contributed by atoms with E-state index in [4.69, 9.17) is 0 Å². The Labute approximate surface area is 87.6 Å². The molecule has 0 aromatic heterocycles. The van der Waals surface area contributed by atoms with Crippen LogP contribution in [0, 0.1) is 11.8 Å². The summed E-state index contributed by atoms with van der Waals surface area (Å²) < 4.78 is 0. The number of nitrogens with one attached hydrogen (secondary N) is 2. The summed E-state index contributed by atoms with van der Waals surface area (Å²) in [7, 11) is 0. The average Bonchev–Trinajstić information content (AvgIpc) is 2.02. The number of hydrogen-bond donors (Lipinski definition) is 2. The van der Waals surface area contributed by atoms with E-state index in [2.05, 4.69) is 38.3 Å². The van der Waals surface area contributed by atoms with Crippen molar-refractivity contribution in [1.29, 1.82) is 0 Å². The first kappa shape index (κ1) is 13.3. The molecule has 0 spiro atoms. The first-order valence-electron chi connectivity index (χ1n) is 5.47. The van der Waals surface area contributed by atoms with Gasteiger partial charge >= 0.3 is 6.03 Å². The van der Waals surface area contributed by atoms with Gasteiger partial charge in [-0.05, 0) is 25.2 Å². The van der Waals surface area contributed by atoms with Crippen molar-refractivity contribution < 1.29 is 4.79 Å². The fraction of sp³-hybridized carbons (Fsp3) is 0.909. The van der Waals surface area contributed by atoms with Gasteiger partial charge in [-0.1, -0.05) is 27.7 Å². The SMILES string of the molecule is CC(C)CCNC(=O)NC(C)C(C)C. The van der Waals surface area contributed by atoms with Crippen LogP contribution in [0.15, 0.2) is 0 Å². The second-order valence-corrected chi connectivity index (χ2v) is 4.62. The zero-order valence-corrected chi connectivity index (χ0v) is 10.1. The third kappa shape index (κ3) is 6.75. The summed E-state index contributed by atoms with van der Waals surface area (Å²) in [5, 5.41) is 5.75. The molecule has 0 aliphatic carbocycles. The topological polar surface area (TPSA) is 41.1 Å². The quantitative estimate of drug-likeness (QED) is 0.703. The van der Waals surface area contributed by atoms with Gasteiger partial charge in [-0.15, -0.1) is 0 Å². The third-order valence-electron chi connectivity index (χ3n) is 2.37. The average molecular weight is 200 g/mol. The van der Waals surface area contributed by atoms with Crippen LogP contribution in [0.1, 0.15) is 41.0 Å². The van der Waals surface area contributed by atoms with Crippen molar-refractivity contribution in [2.24, 2.45) is 11.8 Å². The molecule has 0 radical (unpaired) electrons. The summed E-state index contributed by atoms with van der Waals surface area (Å²) >= 11 is 0. The van der Waals surface area contributed by atoms with Crippen LogP contribution >= 0.6 is 0 Å². The van der Waals surface area contributed by atoms with E-state index in [1.807, 2.05) is 6.92 Å². The van der Waals surface area contributed by atoms with Gasteiger partial charge in [-0.3, -0.25) is 0 Å². The lowest BCUT2D eigenvalue weighted by Gasteiger charge is -2.18. The zero-order chi connectivity index (χ0) is 11.1. The molecule has 84 valence electrons. The number of carbonyl (C=O) groups excluding carboxylic acids is 1. The van der Waals surface area contributed by atoms with Crippen LogP contribution < -0.4 is 10.6 Å². The molecule has 1 atom stereocenters. The molecule has 0 aliphatic heterocycles. The van der Waals surface area contributed by atoms with Crippen molar-refractivity contribution in [2.75, 3.05) is 6.54 Å². The highest BCUT2D eigenvalue weighted by molar-refractivity contribution is 5.74. The number of amides is 2. The first-order valence-corrected chi connectivity index (χ1v) is 5.47. The number of hydrogen-bond acceptors (Lipinski definition) is 1. The molecule has 14 heavy (non-hydrogen) atoms. The van der Waals surface area contributed by atoms with Crippen LogP contribution in [-0.4, -0.2) is 18.6 Å². The maximum absolute atomic E-state index is 11.3. The predicted molar refractivity (Wildman–Crippen MR) is 60.3 cm³/mol. The van der Waals surface area contributed by atoms with E-state index in [9.17, 15) is 4.79 Å². The van der Waals surface area contributed by atoms with Crippen molar-refractivity contribution in [2.45, 2.75) is 47.1 Å². The van der Waals surface area contributed by atoms with Gasteiger partial charge in [0.1, 0.15) is 0 Å². The lowest BCUT2D eigenvalue weighted by Crippen LogP contribution is -2.43. The third-order valence-corrected chi connectivity index (χ3v) is 2.37. The summed E-state index contributed by atoms with van der Waals surface area (Å²) in [6, 6.07) is 0.181. The van der Waals surface area contributed by atoms with Crippen molar-refractivity contribution >= 4 is 6.03 Å². The Bertz CT molecular complexity index is 167. The smallest absolute Gasteiger partial charge is 0.315 e. The minimum absolute atomic E-state index is 0.0492. The van der Waals surface area contributed by atoms with E-state index in [1.165, 1.54) is 0 Å². The van der Waals surface area contributed by atoms with Gasteiger partial charge in [0.2, 0.25) is 0 Å². The normalized spacial score (nSPS) is 13.1. The van der Waals surface area contributed by atoms with Gasteiger partial charge in [0.15, 0.2) is 0 Å². The number of urea groups is 1. The molecular formula is C11H24N2O. The van der Waals surface area contributed by atoms with Crippen LogP contribution in [0.4, 0.5) is 4.79 Å². The fourth-order valence-electron chi connectivity index (χ4n) is 0.899.